The number of amides is 2. The molecule has 0 unspecified atom stereocenters. The zero-order chi connectivity index (χ0) is 16.1. The molecule has 0 spiro atoms. The summed E-state index contributed by atoms with van der Waals surface area (Å²) in [5.41, 5.74) is 0. The number of carboxylic acids is 1. The third kappa shape index (κ3) is 4.58. The monoisotopic (exact) mass is 313 g/mol. The number of carbonyl (C=O) groups is 2. The Kier molecular flexibility index (Phi) is 6.02. The molecule has 7 heteroatoms. The average Bonchev–Trinajstić information content (AvgIpc) is 2.42. The van der Waals surface area contributed by atoms with Gasteiger partial charge in [0.05, 0.1) is 18.7 Å². The smallest absolute Gasteiger partial charge is 0.317 e. The van der Waals surface area contributed by atoms with Gasteiger partial charge >= 0.3 is 12.0 Å². The van der Waals surface area contributed by atoms with Gasteiger partial charge in [-0.15, -0.1) is 0 Å². The summed E-state index contributed by atoms with van der Waals surface area (Å²) >= 11 is 0. The maximum Gasteiger partial charge on any atom is 0.317 e. The highest BCUT2D eigenvalue weighted by Gasteiger charge is 2.35. The van der Waals surface area contributed by atoms with Gasteiger partial charge in [0.25, 0.3) is 0 Å². The van der Waals surface area contributed by atoms with E-state index in [9.17, 15) is 14.7 Å². The molecule has 2 rings (SSSR count). The molecule has 2 aliphatic rings. The van der Waals surface area contributed by atoms with Gasteiger partial charge in [0.2, 0.25) is 0 Å². The Hall–Kier alpha value is -1.34. The van der Waals surface area contributed by atoms with Crippen LogP contribution in [-0.2, 0) is 4.79 Å². The van der Waals surface area contributed by atoms with Crippen LogP contribution < -0.4 is 10.6 Å². The van der Waals surface area contributed by atoms with Crippen molar-refractivity contribution in [2.75, 3.05) is 13.1 Å². The molecule has 4 N–H and O–H groups in total. The maximum absolute atomic E-state index is 11.9. The molecule has 126 valence electrons. The first kappa shape index (κ1) is 17.0. The lowest BCUT2D eigenvalue weighted by Crippen LogP contribution is -2.58. The minimum absolute atomic E-state index is 0.0499. The zero-order valence-corrected chi connectivity index (χ0v) is 13.1. The van der Waals surface area contributed by atoms with Gasteiger partial charge in [-0.3, -0.25) is 9.69 Å². The summed E-state index contributed by atoms with van der Waals surface area (Å²) in [5.74, 6) is -0.817. The van der Waals surface area contributed by atoms with E-state index in [1.54, 1.807) is 0 Å². The Labute approximate surface area is 131 Å². The Bertz CT molecular complexity index is 398. The molecule has 2 aliphatic carbocycles. The molecule has 0 bridgehead atoms. The molecule has 7 nitrogen and oxygen atoms in total. The van der Waals surface area contributed by atoms with E-state index in [0.717, 1.165) is 38.5 Å². The van der Waals surface area contributed by atoms with Crippen molar-refractivity contribution in [2.45, 2.75) is 69.7 Å². The molecular weight excluding hydrogens is 286 g/mol. The van der Waals surface area contributed by atoms with Gasteiger partial charge in [-0.1, -0.05) is 19.8 Å². The molecule has 0 aromatic heterocycles. The van der Waals surface area contributed by atoms with E-state index < -0.39 is 12.1 Å². The van der Waals surface area contributed by atoms with Crippen LogP contribution in [0.15, 0.2) is 0 Å². The first-order chi connectivity index (χ1) is 10.5. The first-order valence-corrected chi connectivity index (χ1v) is 8.20. The number of aliphatic carboxylic acids is 1. The number of hydrogen-bond acceptors (Lipinski definition) is 4. The molecule has 0 aliphatic heterocycles. The summed E-state index contributed by atoms with van der Waals surface area (Å²) < 4.78 is 0. The van der Waals surface area contributed by atoms with Crippen LogP contribution in [-0.4, -0.2) is 64.4 Å². The van der Waals surface area contributed by atoms with E-state index in [1.807, 2.05) is 11.8 Å². The van der Waals surface area contributed by atoms with Crippen LogP contribution in [0.25, 0.3) is 0 Å². The minimum atomic E-state index is -0.817. The number of likely N-dealkylation sites (N-methyl/N-ethyl adjacent to an activating group) is 1. The fourth-order valence-corrected chi connectivity index (χ4v) is 3.35. The predicted octanol–water partition coefficient (Wildman–Crippen LogP) is 0.527. The molecule has 0 aromatic rings. The Balaban J connectivity index is 1.68. The summed E-state index contributed by atoms with van der Waals surface area (Å²) in [4.78, 5) is 24.6. The Morgan fingerprint density at radius 3 is 2.45 bits per heavy atom. The lowest BCUT2D eigenvalue weighted by atomic mass is 9.85. The maximum atomic E-state index is 11.9. The van der Waals surface area contributed by atoms with Crippen LogP contribution in [0.3, 0.4) is 0 Å². The lowest BCUT2D eigenvalue weighted by molar-refractivity contribution is -0.139. The van der Waals surface area contributed by atoms with E-state index in [2.05, 4.69) is 10.6 Å². The fraction of sp³-hybridized carbons (Fsp3) is 0.867. The Morgan fingerprint density at radius 1 is 1.18 bits per heavy atom. The minimum Gasteiger partial charge on any atom is -0.480 e. The van der Waals surface area contributed by atoms with Gasteiger partial charge < -0.3 is 20.8 Å². The number of carboxylic acid groups (broad SMARTS) is 1. The normalized spacial score (nSPS) is 31.4. The predicted molar refractivity (Wildman–Crippen MR) is 81.6 cm³/mol. The van der Waals surface area contributed by atoms with Crippen molar-refractivity contribution in [2.24, 2.45) is 0 Å². The molecule has 0 aromatic carbocycles. The number of carbonyl (C=O) groups excluding carboxylic acids is 1. The number of nitrogens with zero attached hydrogens (tertiary/aromatic N) is 1. The van der Waals surface area contributed by atoms with Crippen LogP contribution in [0.2, 0.25) is 0 Å². The largest absolute Gasteiger partial charge is 0.480 e. The van der Waals surface area contributed by atoms with E-state index in [4.69, 9.17) is 5.11 Å². The second kappa shape index (κ2) is 7.78. The number of urea groups is 1. The first-order valence-electron chi connectivity index (χ1n) is 8.20. The summed E-state index contributed by atoms with van der Waals surface area (Å²) in [6.07, 6.45) is 4.74. The second-order valence-electron chi connectivity index (χ2n) is 6.36. The SMILES string of the molecule is CCN(CC(=O)O)C1CC(NC(=O)N[C@@H]2CCCC[C@H]2O)C1. The molecule has 0 radical (unpaired) electrons. The number of nitrogens with one attached hydrogen (secondary N) is 2. The number of hydrogen-bond donors (Lipinski definition) is 4. The summed E-state index contributed by atoms with van der Waals surface area (Å²) in [7, 11) is 0. The van der Waals surface area contributed by atoms with Crippen molar-refractivity contribution in [3.8, 4) is 0 Å². The van der Waals surface area contributed by atoms with Crippen molar-refractivity contribution in [3.63, 3.8) is 0 Å². The van der Waals surface area contributed by atoms with E-state index in [-0.39, 0.29) is 30.7 Å². The number of rotatable bonds is 6. The zero-order valence-electron chi connectivity index (χ0n) is 13.1. The topological polar surface area (TPSA) is 102 Å². The van der Waals surface area contributed by atoms with Gasteiger partial charge in [-0.25, -0.2) is 4.79 Å². The van der Waals surface area contributed by atoms with Crippen molar-refractivity contribution in [1.29, 1.82) is 0 Å². The van der Waals surface area contributed by atoms with Crippen LogP contribution in [0.1, 0.15) is 45.4 Å². The van der Waals surface area contributed by atoms with Gasteiger partial charge in [0.1, 0.15) is 0 Å². The number of aliphatic hydroxyl groups is 1. The van der Waals surface area contributed by atoms with E-state index in [1.165, 1.54) is 0 Å². The Morgan fingerprint density at radius 2 is 1.86 bits per heavy atom. The van der Waals surface area contributed by atoms with Gasteiger partial charge in [0, 0.05) is 12.1 Å². The highest BCUT2D eigenvalue weighted by atomic mass is 16.4. The van der Waals surface area contributed by atoms with E-state index >= 15 is 0 Å². The molecule has 2 amide bonds. The van der Waals surface area contributed by atoms with Crippen molar-refractivity contribution >= 4 is 12.0 Å². The molecule has 0 saturated heterocycles. The van der Waals surface area contributed by atoms with Crippen molar-refractivity contribution < 1.29 is 19.8 Å². The van der Waals surface area contributed by atoms with Crippen LogP contribution in [0.5, 0.6) is 0 Å². The van der Waals surface area contributed by atoms with Crippen molar-refractivity contribution in [1.82, 2.24) is 15.5 Å². The molecule has 2 atom stereocenters. The summed E-state index contributed by atoms with van der Waals surface area (Å²) in [5, 5.41) is 24.5. The average molecular weight is 313 g/mol. The van der Waals surface area contributed by atoms with Crippen LogP contribution in [0.4, 0.5) is 4.79 Å². The molecule has 2 saturated carbocycles. The third-order valence-electron chi connectivity index (χ3n) is 4.76. The molecule has 22 heavy (non-hydrogen) atoms. The number of aliphatic hydroxyl groups excluding tert-OH is 1. The fourth-order valence-electron chi connectivity index (χ4n) is 3.35. The molecule has 0 heterocycles. The summed E-state index contributed by atoms with van der Waals surface area (Å²) in [6.45, 7) is 2.69. The molecule has 2 fully saturated rings. The van der Waals surface area contributed by atoms with Crippen molar-refractivity contribution in [3.05, 3.63) is 0 Å². The van der Waals surface area contributed by atoms with Crippen LogP contribution in [0, 0.1) is 0 Å². The highest BCUT2D eigenvalue weighted by Crippen LogP contribution is 2.25. The summed E-state index contributed by atoms with van der Waals surface area (Å²) in [6, 6.07) is -0.0558. The van der Waals surface area contributed by atoms with Gasteiger partial charge in [0.15, 0.2) is 0 Å². The quantitative estimate of drug-likeness (QED) is 0.573. The van der Waals surface area contributed by atoms with Gasteiger partial charge in [-0.2, -0.15) is 0 Å². The molecular formula is C15H27N3O4. The van der Waals surface area contributed by atoms with Gasteiger partial charge in [-0.05, 0) is 32.2 Å². The van der Waals surface area contributed by atoms with E-state index in [0.29, 0.717) is 6.54 Å². The van der Waals surface area contributed by atoms with Crippen LogP contribution >= 0.6 is 0 Å². The second-order valence-corrected chi connectivity index (χ2v) is 6.36. The highest BCUT2D eigenvalue weighted by molar-refractivity contribution is 5.74. The lowest BCUT2D eigenvalue weighted by Gasteiger charge is -2.42. The standard InChI is InChI=1S/C15H27N3O4/c1-2-18(9-14(20)21)11-7-10(8-11)16-15(22)17-12-5-3-4-6-13(12)19/h10-13,19H,2-9H2,1H3,(H,20,21)(H2,16,17,22)/t10?,11?,12-,13-/m1/s1. The third-order valence-corrected chi connectivity index (χ3v) is 4.76.